The van der Waals surface area contributed by atoms with Crippen molar-refractivity contribution in [2.75, 3.05) is 6.54 Å². The lowest BCUT2D eigenvalue weighted by atomic mass is 10.3. The zero-order valence-electron chi connectivity index (χ0n) is 11.5. The normalized spacial score (nSPS) is 14.4. The first-order valence-electron chi connectivity index (χ1n) is 7.12. The third kappa shape index (κ3) is 2.59. The van der Waals surface area contributed by atoms with Crippen molar-refractivity contribution in [1.29, 1.82) is 0 Å². The van der Waals surface area contributed by atoms with E-state index in [1.165, 1.54) is 0 Å². The maximum Gasteiger partial charge on any atom is 0.223 e. The van der Waals surface area contributed by atoms with Gasteiger partial charge < -0.3 is 9.88 Å². The molecule has 0 unspecified atom stereocenters. The first kappa shape index (κ1) is 12.9. The van der Waals surface area contributed by atoms with Gasteiger partial charge in [0.1, 0.15) is 5.82 Å². The summed E-state index contributed by atoms with van der Waals surface area (Å²) >= 11 is 0. The quantitative estimate of drug-likeness (QED) is 0.818. The largest absolute Gasteiger partial charge is 0.355 e. The van der Waals surface area contributed by atoms with Crippen molar-refractivity contribution >= 4 is 16.9 Å². The smallest absolute Gasteiger partial charge is 0.223 e. The van der Waals surface area contributed by atoms with Gasteiger partial charge in [-0.3, -0.25) is 4.79 Å². The second-order valence-electron chi connectivity index (χ2n) is 5.23. The molecule has 0 saturated heterocycles. The molecular formula is C16H19N3O. The van der Waals surface area contributed by atoms with Gasteiger partial charge in [-0.1, -0.05) is 18.2 Å². The minimum atomic E-state index is 0.191. The van der Waals surface area contributed by atoms with E-state index in [2.05, 4.69) is 27.5 Å². The van der Waals surface area contributed by atoms with Crippen LogP contribution in [-0.2, 0) is 17.8 Å². The number of nitrogens with one attached hydrogen (secondary N) is 1. The lowest BCUT2D eigenvalue weighted by Crippen LogP contribution is -2.27. The van der Waals surface area contributed by atoms with E-state index in [-0.39, 0.29) is 11.8 Å². The zero-order chi connectivity index (χ0) is 13.9. The second kappa shape index (κ2) is 5.49. The minimum absolute atomic E-state index is 0.191. The summed E-state index contributed by atoms with van der Waals surface area (Å²) in [5.74, 6) is 1.46. The molecule has 0 aliphatic heterocycles. The van der Waals surface area contributed by atoms with Gasteiger partial charge in [0.05, 0.1) is 11.0 Å². The van der Waals surface area contributed by atoms with Gasteiger partial charge in [-0.25, -0.2) is 4.98 Å². The van der Waals surface area contributed by atoms with Crippen molar-refractivity contribution in [2.45, 2.75) is 25.8 Å². The van der Waals surface area contributed by atoms with E-state index in [0.29, 0.717) is 6.54 Å². The predicted octanol–water partition coefficient (Wildman–Crippen LogP) is 2.29. The molecular weight excluding hydrogens is 250 g/mol. The van der Waals surface area contributed by atoms with Crippen molar-refractivity contribution in [3.63, 3.8) is 0 Å². The molecule has 1 aliphatic rings. The third-order valence-electron chi connectivity index (χ3n) is 3.64. The molecule has 4 nitrogen and oxygen atoms in total. The molecule has 1 fully saturated rings. The van der Waals surface area contributed by atoms with Gasteiger partial charge in [-0.2, -0.15) is 0 Å². The van der Waals surface area contributed by atoms with Gasteiger partial charge in [0.15, 0.2) is 0 Å². The minimum Gasteiger partial charge on any atom is -0.355 e. The highest BCUT2D eigenvalue weighted by molar-refractivity contribution is 5.80. The summed E-state index contributed by atoms with van der Waals surface area (Å²) < 4.78 is 2.16. The number of rotatable bonds is 6. The van der Waals surface area contributed by atoms with E-state index in [1.54, 1.807) is 0 Å². The molecule has 104 valence electrons. The highest BCUT2D eigenvalue weighted by atomic mass is 16.2. The first-order chi connectivity index (χ1) is 9.79. The van der Waals surface area contributed by atoms with Crippen LogP contribution in [0.2, 0.25) is 0 Å². The van der Waals surface area contributed by atoms with Gasteiger partial charge in [0, 0.05) is 25.4 Å². The van der Waals surface area contributed by atoms with Gasteiger partial charge in [0.25, 0.3) is 0 Å². The number of allylic oxidation sites excluding steroid dienone is 1. The molecule has 2 aromatic rings. The maximum absolute atomic E-state index is 11.6. The predicted molar refractivity (Wildman–Crippen MR) is 79.4 cm³/mol. The highest BCUT2D eigenvalue weighted by Crippen LogP contribution is 2.28. The number of aromatic nitrogens is 2. The van der Waals surface area contributed by atoms with Crippen LogP contribution < -0.4 is 5.32 Å². The number of hydrogen-bond acceptors (Lipinski definition) is 2. The fraction of sp³-hybridized carbons (Fsp3) is 0.375. The van der Waals surface area contributed by atoms with Crippen molar-refractivity contribution in [3.05, 3.63) is 42.7 Å². The standard InChI is InChI=1S/C16H19N3O/c1-2-11-19-14-6-4-3-5-13(14)18-15(19)9-10-17-16(20)12-7-8-12/h2-6,12H,1,7-11H2,(H,17,20). The Labute approximate surface area is 118 Å². The number of fused-ring (bicyclic) bond motifs is 1. The Morgan fingerprint density at radius 1 is 1.45 bits per heavy atom. The number of carbonyl (C=O) groups excluding carboxylic acids is 1. The van der Waals surface area contributed by atoms with Gasteiger partial charge in [-0.05, 0) is 25.0 Å². The van der Waals surface area contributed by atoms with Crippen molar-refractivity contribution in [1.82, 2.24) is 14.9 Å². The van der Waals surface area contributed by atoms with Crippen LogP contribution in [0, 0.1) is 5.92 Å². The van der Waals surface area contributed by atoms with Crippen LogP contribution in [0.4, 0.5) is 0 Å². The molecule has 1 N–H and O–H groups in total. The molecule has 1 aliphatic carbocycles. The van der Waals surface area contributed by atoms with Crippen LogP contribution in [0.1, 0.15) is 18.7 Å². The molecule has 4 heteroatoms. The highest BCUT2D eigenvalue weighted by Gasteiger charge is 2.29. The summed E-state index contributed by atoms with van der Waals surface area (Å²) in [6.07, 6.45) is 4.71. The summed E-state index contributed by atoms with van der Waals surface area (Å²) in [7, 11) is 0. The van der Waals surface area contributed by atoms with Gasteiger partial charge in [-0.15, -0.1) is 6.58 Å². The molecule has 0 spiro atoms. The SMILES string of the molecule is C=CCn1c(CCNC(=O)C2CC2)nc2ccccc21. The fourth-order valence-corrected chi connectivity index (χ4v) is 2.44. The Kier molecular flexibility index (Phi) is 3.54. The number of carbonyl (C=O) groups is 1. The lowest BCUT2D eigenvalue weighted by molar-refractivity contribution is -0.122. The maximum atomic E-state index is 11.6. The number of para-hydroxylation sites is 2. The summed E-state index contributed by atoms with van der Waals surface area (Å²) in [4.78, 5) is 16.3. The van der Waals surface area contributed by atoms with E-state index in [1.807, 2.05) is 24.3 Å². The van der Waals surface area contributed by atoms with Crippen LogP contribution in [-0.4, -0.2) is 22.0 Å². The molecule has 1 amide bonds. The van der Waals surface area contributed by atoms with Crippen LogP contribution >= 0.6 is 0 Å². The average molecular weight is 269 g/mol. The molecule has 0 radical (unpaired) electrons. The summed E-state index contributed by atoms with van der Waals surface area (Å²) in [6.45, 7) is 5.20. The van der Waals surface area contributed by atoms with Crippen LogP contribution in [0.25, 0.3) is 11.0 Å². The summed E-state index contributed by atoms with van der Waals surface area (Å²) in [6, 6.07) is 8.09. The Bertz CT molecular complexity index is 640. The first-order valence-corrected chi connectivity index (χ1v) is 7.12. The lowest BCUT2D eigenvalue weighted by Gasteiger charge is -2.07. The van der Waals surface area contributed by atoms with Crippen LogP contribution in [0.3, 0.4) is 0 Å². The Morgan fingerprint density at radius 2 is 2.25 bits per heavy atom. The van der Waals surface area contributed by atoms with Crippen LogP contribution in [0.15, 0.2) is 36.9 Å². The summed E-state index contributed by atoms with van der Waals surface area (Å²) in [5.41, 5.74) is 2.12. The third-order valence-corrected chi connectivity index (χ3v) is 3.64. The molecule has 1 aromatic carbocycles. The Hall–Kier alpha value is -2.10. The molecule has 20 heavy (non-hydrogen) atoms. The Balaban J connectivity index is 1.73. The molecule has 0 atom stereocenters. The van der Waals surface area contributed by atoms with E-state index in [0.717, 1.165) is 42.7 Å². The van der Waals surface area contributed by atoms with Crippen molar-refractivity contribution in [2.24, 2.45) is 5.92 Å². The van der Waals surface area contributed by atoms with E-state index >= 15 is 0 Å². The summed E-state index contributed by atoms with van der Waals surface area (Å²) in [5, 5.41) is 2.99. The number of amides is 1. The number of nitrogens with zero attached hydrogens (tertiary/aromatic N) is 2. The number of hydrogen-bond donors (Lipinski definition) is 1. The van der Waals surface area contributed by atoms with E-state index in [4.69, 9.17) is 0 Å². The van der Waals surface area contributed by atoms with Crippen molar-refractivity contribution in [3.8, 4) is 0 Å². The van der Waals surface area contributed by atoms with E-state index in [9.17, 15) is 4.79 Å². The van der Waals surface area contributed by atoms with Crippen LogP contribution in [0.5, 0.6) is 0 Å². The number of imidazole rings is 1. The molecule has 1 saturated carbocycles. The van der Waals surface area contributed by atoms with E-state index < -0.39 is 0 Å². The zero-order valence-corrected chi connectivity index (χ0v) is 11.5. The monoisotopic (exact) mass is 269 g/mol. The van der Waals surface area contributed by atoms with Crippen molar-refractivity contribution < 1.29 is 4.79 Å². The Morgan fingerprint density at radius 3 is 3.00 bits per heavy atom. The van der Waals surface area contributed by atoms with Gasteiger partial charge in [0.2, 0.25) is 5.91 Å². The van der Waals surface area contributed by atoms with Gasteiger partial charge >= 0.3 is 0 Å². The average Bonchev–Trinajstić information content (AvgIpc) is 3.25. The topological polar surface area (TPSA) is 46.9 Å². The molecule has 1 aromatic heterocycles. The fourth-order valence-electron chi connectivity index (χ4n) is 2.44. The second-order valence-corrected chi connectivity index (χ2v) is 5.23. The molecule has 3 rings (SSSR count). The molecule has 0 bridgehead atoms. The molecule has 1 heterocycles. The number of benzene rings is 1.